The summed E-state index contributed by atoms with van der Waals surface area (Å²) in [6, 6.07) is 11.8. The first-order valence-electron chi connectivity index (χ1n) is 9.39. The first-order chi connectivity index (χ1) is 13.2. The van der Waals surface area contributed by atoms with Crippen LogP contribution in [0.2, 0.25) is 5.02 Å². The number of amides is 1. The largest absolute Gasteiger partial charge is 0.490 e. The topological polar surface area (TPSA) is 50.8 Å². The van der Waals surface area contributed by atoms with Crippen LogP contribution in [-0.2, 0) is 24.0 Å². The molecule has 2 heterocycles. The molecule has 0 spiro atoms. The summed E-state index contributed by atoms with van der Waals surface area (Å²) in [4.78, 5) is 14.3. The van der Waals surface area contributed by atoms with Crippen molar-refractivity contribution in [3.05, 3.63) is 58.1 Å². The molecule has 1 N–H and O–H groups in total. The Morgan fingerprint density at radius 1 is 1.15 bits per heavy atom. The van der Waals surface area contributed by atoms with Crippen LogP contribution in [-0.4, -0.2) is 38.9 Å². The van der Waals surface area contributed by atoms with E-state index in [1.165, 1.54) is 11.1 Å². The number of carbonyl (C=O) groups excluding carboxylic acids is 1. The van der Waals surface area contributed by atoms with E-state index in [-0.39, 0.29) is 6.09 Å². The predicted molar refractivity (Wildman–Crippen MR) is 106 cm³/mol. The predicted octanol–water partition coefficient (Wildman–Crippen LogP) is 3.61. The monoisotopic (exact) mass is 386 g/mol. The normalized spacial score (nSPS) is 16.0. The van der Waals surface area contributed by atoms with Gasteiger partial charge in [-0.2, -0.15) is 0 Å². The minimum atomic E-state index is -0.319. The highest BCUT2D eigenvalue weighted by Gasteiger charge is 2.26. The second-order valence-electron chi connectivity index (χ2n) is 6.83. The van der Waals surface area contributed by atoms with Crippen LogP contribution in [0.15, 0.2) is 36.4 Å². The van der Waals surface area contributed by atoms with Crippen molar-refractivity contribution < 1.29 is 14.3 Å². The molecule has 4 rings (SSSR count). The van der Waals surface area contributed by atoms with Crippen LogP contribution in [0.25, 0.3) is 0 Å². The number of ether oxygens (including phenoxy) is 2. The number of fused-ring (bicyclic) bond motifs is 2. The average molecular weight is 387 g/mol. The van der Waals surface area contributed by atoms with Gasteiger partial charge in [-0.3, -0.25) is 4.90 Å². The molecule has 0 aliphatic carbocycles. The van der Waals surface area contributed by atoms with Crippen molar-refractivity contribution in [3.63, 3.8) is 0 Å². The summed E-state index contributed by atoms with van der Waals surface area (Å²) in [5.41, 5.74) is 4.49. The fourth-order valence-corrected chi connectivity index (χ4v) is 3.68. The quantitative estimate of drug-likeness (QED) is 0.875. The van der Waals surface area contributed by atoms with E-state index in [0.29, 0.717) is 31.2 Å². The Bertz CT molecular complexity index is 823. The summed E-state index contributed by atoms with van der Waals surface area (Å²) in [5, 5.41) is 4.12. The van der Waals surface area contributed by atoms with E-state index in [9.17, 15) is 4.79 Å². The molecule has 0 saturated carbocycles. The highest BCUT2D eigenvalue weighted by Crippen LogP contribution is 2.35. The lowest BCUT2D eigenvalue weighted by Gasteiger charge is -2.30. The maximum absolute atomic E-state index is 12.7. The van der Waals surface area contributed by atoms with Crippen LogP contribution in [0.1, 0.15) is 16.7 Å². The first-order valence-corrected chi connectivity index (χ1v) is 9.76. The summed E-state index contributed by atoms with van der Waals surface area (Å²) in [6.45, 7) is 3.25. The van der Waals surface area contributed by atoms with E-state index in [4.69, 9.17) is 21.1 Å². The minimum Gasteiger partial charge on any atom is -0.490 e. The van der Waals surface area contributed by atoms with E-state index in [2.05, 4.69) is 17.4 Å². The Morgan fingerprint density at radius 3 is 2.67 bits per heavy atom. The van der Waals surface area contributed by atoms with Gasteiger partial charge in [0.15, 0.2) is 0 Å². The van der Waals surface area contributed by atoms with Crippen LogP contribution in [0.4, 0.5) is 10.5 Å². The van der Waals surface area contributed by atoms with E-state index < -0.39 is 0 Å². The molecule has 0 aromatic heterocycles. The van der Waals surface area contributed by atoms with Gasteiger partial charge in [-0.05, 0) is 66.9 Å². The van der Waals surface area contributed by atoms with Gasteiger partial charge in [0.25, 0.3) is 0 Å². The van der Waals surface area contributed by atoms with Crippen molar-refractivity contribution in [1.82, 2.24) is 5.32 Å². The lowest BCUT2D eigenvalue weighted by atomic mass is 10.0. The molecular formula is C21H23ClN2O3. The Morgan fingerprint density at radius 2 is 1.89 bits per heavy atom. The number of anilines is 1. The Kier molecular flexibility index (Phi) is 5.50. The molecule has 27 heavy (non-hydrogen) atoms. The van der Waals surface area contributed by atoms with E-state index >= 15 is 0 Å². The summed E-state index contributed by atoms with van der Waals surface area (Å²) in [6.07, 6.45) is 2.29. The maximum Gasteiger partial charge on any atom is 0.414 e. The van der Waals surface area contributed by atoms with Crippen molar-refractivity contribution in [2.45, 2.75) is 19.3 Å². The van der Waals surface area contributed by atoms with Crippen molar-refractivity contribution in [3.8, 4) is 5.75 Å². The van der Waals surface area contributed by atoms with Crippen molar-refractivity contribution in [1.29, 1.82) is 0 Å². The number of halogens is 1. The molecule has 0 saturated heterocycles. The average Bonchev–Trinajstić information content (AvgIpc) is 2.92. The second kappa shape index (κ2) is 8.19. The zero-order valence-electron chi connectivity index (χ0n) is 15.2. The zero-order valence-corrected chi connectivity index (χ0v) is 15.9. The van der Waals surface area contributed by atoms with Gasteiger partial charge in [0.2, 0.25) is 0 Å². The molecule has 6 heteroatoms. The molecule has 142 valence electrons. The van der Waals surface area contributed by atoms with E-state index in [1.807, 2.05) is 24.3 Å². The van der Waals surface area contributed by atoms with Crippen LogP contribution < -0.4 is 15.0 Å². The van der Waals surface area contributed by atoms with E-state index in [0.717, 1.165) is 42.9 Å². The molecule has 0 fully saturated rings. The minimum absolute atomic E-state index is 0.319. The standard InChI is InChI=1S/C21H23ClN2O3/c22-18-3-1-15(2-4-18)7-11-27-21(25)24-10-12-26-20-14-17-6-9-23-8-5-16(17)13-19(20)24/h1-4,13-14,23H,5-12H2. The maximum atomic E-state index is 12.7. The molecule has 0 radical (unpaired) electrons. The number of rotatable bonds is 3. The SMILES string of the molecule is O=C(OCCc1ccc(Cl)cc1)N1CCOc2cc3c(cc21)CCNCC3. The second-order valence-corrected chi connectivity index (χ2v) is 7.27. The number of hydrogen-bond donors (Lipinski definition) is 1. The van der Waals surface area contributed by atoms with Crippen LogP contribution >= 0.6 is 11.6 Å². The van der Waals surface area contributed by atoms with Gasteiger partial charge >= 0.3 is 6.09 Å². The van der Waals surface area contributed by atoms with Gasteiger partial charge in [0.1, 0.15) is 12.4 Å². The van der Waals surface area contributed by atoms with Gasteiger partial charge in [-0.25, -0.2) is 4.79 Å². The Balaban J connectivity index is 1.44. The van der Waals surface area contributed by atoms with Crippen molar-refractivity contribution >= 4 is 23.4 Å². The van der Waals surface area contributed by atoms with Crippen molar-refractivity contribution in [2.24, 2.45) is 0 Å². The van der Waals surface area contributed by atoms with Gasteiger partial charge < -0.3 is 14.8 Å². The summed E-state index contributed by atoms with van der Waals surface area (Å²) in [5.74, 6) is 0.775. The third-order valence-corrected chi connectivity index (χ3v) is 5.29. The summed E-state index contributed by atoms with van der Waals surface area (Å²) in [7, 11) is 0. The van der Waals surface area contributed by atoms with Crippen LogP contribution in [0.3, 0.4) is 0 Å². The molecule has 2 aliphatic heterocycles. The van der Waals surface area contributed by atoms with Crippen molar-refractivity contribution in [2.75, 3.05) is 37.7 Å². The lowest BCUT2D eigenvalue weighted by molar-refractivity contribution is 0.151. The molecule has 2 aliphatic rings. The van der Waals surface area contributed by atoms with Gasteiger partial charge in [-0.1, -0.05) is 23.7 Å². The molecule has 1 amide bonds. The zero-order chi connectivity index (χ0) is 18.6. The molecule has 5 nitrogen and oxygen atoms in total. The summed E-state index contributed by atoms with van der Waals surface area (Å²) < 4.78 is 11.3. The third kappa shape index (κ3) is 4.20. The smallest absolute Gasteiger partial charge is 0.414 e. The van der Waals surface area contributed by atoms with E-state index in [1.54, 1.807) is 4.90 Å². The number of benzene rings is 2. The Hall–Kier alpha value is -2.24. The Labute approximate surface area is 164 Å². The highest BCUT2D eigenvalue weighted by atomic mass is 35.5. The summed E-state index contributed by atoms with van der Waals surface area (Å²) >= 11 is 5.90. The van der Waals surface area contributed by atoms with Crippen LogP contribution in [0.5, 0.6) is 5.75 Å². The highest BCUT2D eigenvalue weighted by molar-refractivity contribution is 6.30. The molecular weight excluding hydrogens is 364 g/mol. The third-order valence-electron chi connectivity index (χ3n) is 5.04. The molecule has 2 aromatic carbocycles. The number of nitrogens with zero attached hydrogens (tertiary/aromatic N) is 1. The first kappa shape index (κ1) is 18.1. The molecule has 0 unspecified atom stereocenters. The fraction of sp³-hybridized carbons (Fsp3) is 0.381. The van der Waals surface area contributed by atoms with Gasteiger partial charge in [-0.15, -0.1) is 0 Å². The molecule has 0 bridgehead atoms. The van der Waals surface area contributed by atoms with Gasteiger partial charge in [0.05, 0.1) is 18.8 Å². The lowest BCUT2D eigenvalue weighted by Crippen LogP contribution is -2.38. The fourth-order valence-electron chi connectivity index (χ4n) is 3.56. The molecule has 0 atom stereocenters. The number of carbonyl (C=O) groups is 1. The van der Waals surface area contributed by atoms with Crippen LogP contribution in [0, 0.1) is 0 Å². The van der Waals surface area contributed by atoms with Gasteiger partial charge in [0, 0.05) is 11.4 Å². The number of hydrogen-bond acceptors (Lipinski definition) is 4. The number of nitrogens with one attached hydrogen (secondary N) is 1. The molecule has 2 aromatic rings.